The Bertz CT molecular complexity index is 1010. The number of hydrogen-bond acceptors (Lipinski definition) is 5. The molecule has 30 heavy (non-hydrogen) atoms. The van der Waals surface area contributed by atoms with Gasteiger partial charge >= 0.3 is 0 Å². The van der Waals surface area contributed by atoms with Crippen LogP contribution >= 0.6 is 11.6 Å². The minimum Gasteiger partial charge on any atom is -0.493 e. The van der Waals surface area contributed by atoms with Crippen molar-refractivity contribution >= 4 is 27.3 Å². The third-order valence-electron chi connectivity index (χ3n) is 5.04. The van der Waals surface area contributed by atoms with Crippen LogP contribution < -0.4 is 9.47 Å². The van der Waals surface area contributed by atoms with Gasteiger partial charge in [0.15, 0.2) is 27.4 Å². The maximum atomic E-state index is 14.4. The molecule has 1 heterocycles. The Morgan fingerprint density at radius 2 is 1.93 bits per heavy atom. The number of sulfone groups is 1. The lowest BCUT2D eigenvalue weighted by atomic mass is 10.1. The first-order valence-electron chi connectivity index (χ1n) is 9.45. The molecule has 1 amide bonds. The van der Waals surface area contributed by atoms with E-state index in [2.05, 4.69) is 0 Å². The number of carbonyl (C=O) groups excluding carboxylic acids is 1. The lowest BCUT2D eigenvalue weighted by Crippen LogP contribution is -2.46. The first-order chi connectivity index (χ1) is 14.2. The highest BCUT2D eigenvalue weighted by Gasteiger charge is 2.37. The van der Waals surface area contributed by atoms with Crippen molar-refractivity contribution in [3.63, 3.8) is 0 Å². The predicted octanol–water partition coefficient (Wildman–Crippen LogP) is 3.47. The summed E-state index contributed by atoms with van der Waals surface area (Å²) in [6, 6.07) is 10.6. The third kappa shape index (κ3) is 5.05. The second-order valence-electron chi connectivity index (χ2n) is 7.13. The molecular weight excluding hydrogens is 433 g/mol. The number of carbonyl (C=O) groups is 1. The van der Waals surface area contributed by atoms with E-state index in [-0.39, 0.29) is 35.1 Å². The predicted molar refractivity (Wildman–Crippen MR) is 112 cm³/mol. The van der Waals surface area contributed by atoms with E-state index in [0.717, 1.165) is 0 Å². The van der Waals surface area contributed by atoms with Crippen molar-refractivity contribution in [3.8, 4) is 11.5 Å². The van der Waals surface area contributed by atoms with Crippen LogP contribution in [0.3, 0.4) is 0 Å². The smallest absolute Gasteiger partial charge is 0.263 e. The number of rotatable bonds is 7. The summed E-state index contributed by atoms with van der Waals surface area (Å²) in [5, 5.41) is 0.173. The van der Waals surface area contributed by atoms with Crippen LogP contribution in [0.1, 0.15) is 18.9 Å². The first kappa shape index (κ1) is 22.4. The van der Waals surface area contributed by atoms with E-state index in [1.807, 2.05) is 0 Å². The van der Waals surface area contributed by atoms with Crippen LogP contribution in [0.15, 0.2) is 42.5 Å². The summed E-state index contributed by atoms with van der Waals surface area (Å²) < 4.78 is 49.4. The number of halogens is 2. The molecule has 1 saturated heterocycles. The fourth-order valence-corrected chi connectivity index (χ4v) is 5.41. The van der Waals surface area contributed by atoms with Gasteiger partial charge in [0.25, 0.3) is 5.91 Å². The SMILES string of the molecule is COc1ccccc1O[C@@H](C)C(=O)N(Cc1c(F)cccc1Cl)[C@H]1CCS(=O)(=O)C1. The van der Waals surface area contributed by atoms with Crippen LogP contribution in [-0.2, 0) is 21.2 Å². The Balaban J connectivity index is 1.88. The quantitative estimate of drug-likeness (QED) is 0.639. The maximum Gasteiger partial charge on any atom is 0.263 e. The molecule has 0 radical (unpaired) electrons. The van der Waals surface area contributed by atoms with Crippen LogP contribution in [0, 0.1) is 5.82 Å². The fraction of sp³-hybridized carbons (Fsp3) is 0.381. The average molecular weight is 456 g/mol. The normalized spacial score (nSPS) is 18.6. The third-order valence-corrected chi connectivity index (χ3v) is 7.15. The zero-order chi connectivity index (χ0) is 21.9. The Hall–Kier alpha value is -2.32. The minimum atomic E-state index is -3.26. The van der Waals surface area contributed by atoms with Gasteiger partial charge in [0, 0.05) is 16.6 Å². The monoisotopic (exact) mass is 455 g/mol. The van der Waals surface area contributed by atoms with Crippen LogP contribution in [-0.4, -0.2) is 50.0 Å². The Kier molecular flexibility index (Phi) is 6.88. The van der Waals surface area contributed by atoms with Crippen LogP contribution in [0.4, 0.5) is 4.39 Å². The number of amides is 1. The minimum absolute atomic E-state index is 0.0196. The highest BCUT2D eigenvalue weighted by Crippen LogP contribution is 2.29. The van der Waals surface area contributed by atoms with E-state index in [4.69, 9.17) is 21.1 Å². The van der Waals surface area contributed by atoms with Gasteiger partial charge in [-0.25, -0.2) is 12.8 Å². The topological polar surface area (TPSA) is 72.9 Å². The number of nitrogens with zero attached hydrogens (tertiary/aromatic N) is 1. The molecule has 1 fully saturated rings. The van der Waals surface area contributed by atoms with E-state index in [9.17, 15) is 17.6 Å². The molecule has 6 nitrogen and oxygen atoms in total. The lowest BCUT2D eigenvalue weighted by Gasteiger charge is -2.31. The molecule has 9 heteroatoms. The molecule has 0 N–H and O–H groups in total. The van der Waals surface area contributed by atoms with E-state index < -0.39 is 33.7 Å². The largest absolute Gasteiger partial charge is 0.493 e. The highest BCUT2D eigenvalue weighted by atomic mass is 35.5. The molecule has 2 aromatic rings. The Morgan fingerprint density at radius 1 is 1.23 bits per heavy atom. The van der Waals surface area contributed by atoms with Gasteiger partial charge in [0.2, 0.25) is 0 Å². The summed E-state index contributed by atoms with van der Waals surface area (Å²) in [6.45, 7) is 1.42. The van der Waals surface area contributed by atoms with Gasteiger partial charge in [-0.2, -0.15) is 0 Å². The molecule has 1 aliphatic rings. The van der Waals surface area contributed by atoms with Gasteiger partial charge in [-0.05, 0) is 37.6 Å². The number of ether oxygens (including phenoxy) is 2. The van der Waals surface area contributed by atoms with Crippen LogP contribution in [0.25, 0.3) is 0 Å². The molecule has 0 aliphatic carbocycles. The van der Waals surface area contributed by atoms with Gasteiger partial charge in [-0.3, -0.25) is 4.79 Å². The standard InChI is InChI=1S/C21H23ClFNO5S/c1-14(29-20-9-4-3-8-19(20)28-2)21(25)24(15-10-11-30(26,27)13-15)12-16-17(22)6-5-7-18(16)23/h3-9,14-15H,10-13H2,1-2H3/t14-,15-/m0/s1. The van der Waals surface area contributed by atoms with Gasteiger partial charge in [-0.1, -0.05) is 29.8 Å². The van der Waals surface area contributed by atoms with Crippen molar-refractivity contribution in [2.45, 2.75) is 32.0 Å². The van der Waals surface area contributed by atoms with E-state index in [1.54, 1.807) is 31.2 Å². The summed E-state index contributed by atoms with van der Waals surface area (Å²) in [6.07, 6.45) is -0.670. The van der Waals surface area contributed by atoms with Crippen molar-refractivity contribution in [1.82, 2.24) is 4.90 Å². The number of hydrogen-bond donors (Lipinski definition) is 0. The zero-order valence-corrected chi connectivity index (χ0v) is 18.2. The number of benzene rings is 2. The van der Waals surface area contributed by atoms with Gasteiger partial charge < -0.3 is 14.4 Å². The molecule has 0 spiro atoms. The molecule has 0 unspecified atom stereocenters. The molecule has 0 bridgehead atoms. The summed E-state index contributed by atoms with van der Waals surface area (Å²) in [4.78, 5) is 14.6. The van der Waals surface area contributed by atoms with Crippen molar-refractivity contribution in [2.24, 2.45) is 0 Å². The number of para-hydroxylation sites is 2. The molecule has 2 atom stereocenters. The van der Waals surface area contributed by atoms with E-state index >= 15 is 0 Å². The first-order valence-corrected chi connectivity index (χ1v) is 11.6. The average Bonchev–Trinajstić information content (AvgIpc) is 3.07. The molecule has 162 valence electrons. The summed E-state index contributed by atoms with van der Waals surface area (Å²) in [5.74, 6) is -0.366. The lowest BCUT2D eigenvalue weighted by molar-refractivity contribution is -0.140. The molecule has 3 rings (SSSR count). The Labute approximate surface area is 180 Å². The van der Waals surface area contributed by atoms with Gasteiger partial charge in [-0.15, -0.1) is 0 Å². The Morgan fingerprint density at radius 3 is 2.53 bits per heavy atom. The molecule has 0 saturated carbocycles. The van der Waals surface area contributed by atoms with Crippen LogP contribution in [0.2, 0.25) is 5.02 Å². The van der Waals surface area contributed by atoms with Crippen molar-refractivity contribution in [2.75, 3.05) is 18.6 Å². The summed E-state index contributed by atoms with van der Waals surface area (Å²) in [5.41, 5.74) is 0.140. The fourth-order valence-electron chi connectivity index (χ4n) is 3.45. The van der Waals surface area contributed by atoms with E-state index in [1.165, 1.54) is 30.2 Å². The van der Waals surface area contributed by atoms with E-state index in [0.29, 0.717) is 11.5 Å². The summed E-state index contributed by atoms with van der Waals surface area (Å²) >= 11 is 6.15. The summed E-state index contributed by atoms with van der Waals surface area (Å²) in [7, 11) is -1.77. The van der Waals surface area contributed by atoms with Gasteiger partial charge in [0.1, 0.15) is 5.82 Å². The number of methoxy groups -OCH3 is 1. The van der Waals surface area contributed by atoms with Gasteiger partial charge in [0.05, 0.1) is 25.2 Å². The zero-order valence-electron chi connectivity index (χ0n) is 16.7. The second kappa shape index (κ2) is 9.22. The molecule has 1 aliphatic heterocycles. The van der Waals surface area contributed by atoms with Crippen molar-refractivity contribution in [1.29, 1.82) is 0 Å². The molecular formula is C21H23ClFNO5S. The van der Waals surface area contributed by atoms with Crippen LogP contribution in [0.5, 0.6) is 11.5 Å². The van der Waals surface area contributed by atoms with Crippen molar-refractivity contribution < 1.29 is 27.1 Å². The highest BCUT2D eigenvalue weighted by molar-refractivity contribution is 7.91. The maximum absolute atomic E-state index is 14.4. The molecule has 2 aromatic carbocycles. The molecule has 0 aromatic heterocycles. The van der Waals surface area contributed by atoms with Crippen molar-refractivity contribution in [3.05, 3.63) is 58.9 Å². The second-order valence-corrected chi connectivity index (χ2v) is 9.77.